The summed E-state index contributed by atoms with van der Waals surface area (Å²) >= 11 is 0. The van der Waals surface area contributed by atoms with Gasteiger partial charge in [0, 0.05) is 12.6 Å². The number of ether oxygens (including phenoxy) is 1. The van der Waals surface area contributed by atoms with Gasteiger partial charge in [-0.3, -0.25) is 4.79 Å². The molecule has 4 heteroatoms. The maximum Gasteiger partial charge on any atom is 0.246 e. The fraction of sp³-hybridized carbons (Fsp3) is 0.923. The normalized spacial score (nSPS) is 24.9. The maximum atomic E-state index is 11.5. The van der Waals surface area contributed by atoms with Gasteiger partial charge >= 0.3 is 0 Å². The van der Waals surface area contributed by atoms with Crippen LogP contribution in [0.25, 0.3) is 0 Å². The van der Waals surface area contributed by atoms with Gasteiger partial charge in [0.25, 0.3) is 0 Å². The highest BCUT2D eigenvalue weighted by Crippen LogP contribution is 2.19. The molecule has 0 saturated heterocycles. The van der Waals surface area contributed by atoms with Crippen molar-refractivity contribution in [3.05, 3.63) is 0 Å². The van der Waals surface area contributed by atoms with Crippen LogP contribution in [0.1, 0.15) is 46.0 Å². The minimum atomic E-state index is -0.0246. The molecule has 1 aliphatic carbocycles. The van der Waals surface area contributed by atoms with Crippen molar-refractivity contribution in [3.63, 3.8) is 0 Å². The molecule has 0 aromatic carbocycles. The number of amides is 1. The first-order valence-corrected chi connectivity index (χ1v) is 6.73. The van der Waals surface area contributed by atoms with Gasteiger partial charge in [-0.25, -0.2) is 0 Å². The average molecular weight is 242 g/mol. The lowest BCUT2D eigenvalue weighted by molar-refractivity contribution is -0.128. The molecule has 1 fully saturated rings. The summed E-state index contributed by atoms with van der Waals surface area (Å²) in [5.41, 5.74) is 5.95. The van der Waals surface area contributed by atoms with E-state index in [1.807, 2.05) is 0 Å². The van der Waals surface area contributed by atoms with E-state index in [2.05, 4.69) is 19.2 Å². The minimum absolute atomic E-state index is 0.0246. The van der Waals surface area contributed by atoms with Crippen LogP contribution in [0.2, 0.25) is 0 Å². The van der Waals surface area contributed by atoms with Crippen LogP contribution in [0.15, 0.2) is 0 Å². The zero-order valence-electron chi connectivity index (χ0n) is 11.1. The highest BCUT2D eigenvalue weighted by Gasteiger charge is 2.22. The number of carbonyl (C=O) groups excluding carboxylic acids is 1. The Morgan fingerprint density at radius 3 is 2.76 bits per heavy atom. The Morgan fingerprint density at radius 1 is 1.41 bits per heavy atom. The van der Waals surface area contributed by atoms with Crippen molar-refractivity contribution in [1.82, 2.24) is 5.32 Å². The second kappa shape index (κ2) is 7.67. The first-order valence-electron chi connectivity index (χ1n) is 6.73. The summed E-state index contributed by atoms with van der Waals surface area (Å²) < 4.78 is 5.58. The topological polar surface area (TPSA) is 64.3 Å². The van der Waals surface area contributed by atoms with Crippen LogP contribution in [0.3, 0.4) is 0 Å². The molecule has 17 heavy (non-hydrogen) atoms. The monoisotopic (exact) mass is 242 g/mol. The van der Waals surface area contributed by atoms with E-state index in [-0.39, 0.29) is 24.7 Å². The number of hydrogen-bond donors (Lipinski definition) is 2. The molecular weight excluding hydrogens is 216 g/mol. The predicted octanol–water partition coefficient (Wildman–Crippen LogP) is 1.44. The van der Waals surface area contributed by atoms with Crippen molar-refractivity contribution in [3.8, 4) is 0 Å². The van der Waals surface area contributed by atoms with Crippen LogP contribution in [-0.4, -0.2) is 31.2 Å². The molecule has 0 heterocycles. The van der Waals surface area contributed by atoms with Gasteiger partial charge < -0.3 is 15.8 Å². The third-order valence-electron chi connectivity index (χ3n) is 3.23. The molecule has 4 nitrogen and oxygen atoms in total. The highest BCUT2D eigenvalue weighted by molar-refractivity contribution is 5.77. The Labute approximate surface area is 104 Å². The Morgan fingerprint density at radius 2 is 2.12 bits per heavy atom. The molecule has 0 spiro atoms. The van der Waals surface area contributed by atoms with Crippen LogP contribution in [-0.2, 0) is 9.53 Å². The van der Waals surface area contributed by atoms with Crippen molar-refractivity contribution >= 4 is 5.91 Å². The fourth-order valence-electron chi connectivity index (χ4n) is 2.07. The molecule has 1 rings (SSSR count). The first kappa shape index (κ1) is 14.5. The van der Waals surface area contributed by atoms with Crippen molar-refractivity contribution in [1.29, 1.82) is 0 Å². The molecular formula is C13H26N2O2. The average Bonchev–Trinajstić information content (AvgIpc) is 2.27. The molecule has 2 unspecified atom stereocenters. The van der Waals surface area contributed by atoms with Gasteiger partial charge in [-0.2, -0.15) is 0 Å². The van der Waals surface area contributed by atoms with Crippen molar-refractivity contribution in [2.24, 2.45) is 11.7 Å². The zero-order valence-corrected chi connectivity index (χ0v) is 11.1. The lowest BCUT2D eigenvalue weighted by Gasteiger charge is -2.28. The largest absolute Gasteiger partial charge is 0.367 e. The second-order valence-corrected chi connectivity index (χ2v) is 5.33. The summed E-state index contributed by atoms with van der Waals surface area (Å²) in [5.74, 6) is 0.589. The van der Waals surface area contributed by atoms with Gasteiger partial charge in [-0.05, 0) is 25.2 Å². The lowest BCUT2D eigenvalue weighted by atomic mass is 9.93. The minimum Gasteiger partial charge on any atom is -0.367 e. The first-order chi connectivity index (χ1) is 8.09. The third-order valence-corrected chi connectivity index (χ3v) is 3.23. The predicted molar refractivity (Wildman–Crippen MR) is 68.6 cm³/mol. The number of carbonyl (C=O) groups is 1. The molecule has 1 amide bonds. The van der Waals surface area contributed by atoms with Gasteiger partial charge in [0.2, 0.25) is 5.91 Å². The van der Waals surface area contributed by atoms with Crippen LogP contribution >= 0.6 is 0 Å². The van der Waals surface area contributed by atoms with E-state index in [4.69, 9.17) is 10.5 Å². The summed E-state index contributed by atoms with van der Waals surface area (Å²) in [5, 5.41) is 2.86. The molecule has 0 aromatic heterocycles. The Hall–Kier alpha value is -0.610. The maximum absolute atomic E-state index is 11.5. The van der Waals surface area contributed by atoms with E-state index in [1.54, 1.807) is 0 Å². The summed E-state index contributed by atoms with van der Waals surface area (Å²) in [4.78, 5) is 11.5. The molecule has 0 aliphatic heterocycles. The Bertz CT molecular complexity index is 231. The van der Waals surface area contributed by atoms with Gasteiger partial charge in [0.15, 0.2) is 0 Å². The Balaban J connectivity index is 2.10. The van der Waals surface area contributed by atoms with Crippen LogP contribution in [0.5, 0.6) is 0 Å². The molecule has 0 radical (unpaired) electrons. The third kappa shape index (κ3) is 6.03. The quantitative estimate of drug-likeness (QED) is 0.740. The van der Waals surface area contributed by atoms with Crippen molar-refractivity contribution in [2.45, 2.75) is 58.1 Å². The molecule has 0 aromatic rings. The summed E-state index contributed by atoms with van der Waals surface area (Å²) in [6.07, 6.45) is 5.42. The molecule has 0 bridgehead atoms. The van der Waals surface area contributed by atoms with E-state index in [0.717, 1.165) is 32.2 Å². The SMILES string of the molecule is CC(C)CCNC(=O)COC1CCCCC1N. The van der Waals surface area contributed by atoms with Crippen LogP contribution < -0.4 is 11.1 Å². The lowest BCUT2D eigenvalue weighted by Crippen LogP contribution is -2.41. The highest BCUT2D eigenvalue weighted by atomic mass is 16.5. The number of nitrogens with two attached hydrogens (primary N) is 1. The number of rotatable bonds is 6. The van der Waals surface area contributed by atoms with Crippen molar-refractivity contribution in [2.75, 3.05) is 13.2 Å². The molecule has 100 valence electrons. The standard InChI is InChI=1S/C13H26N2O2/c1-10(2)7-8-15-13(16)9-17-12-6-4-3-5-11(12)14/h10-12H,3-9,14H2,1-2H3,(H,15,16). The molecule has 1 saturated carbocycles. The molecule has 1 aliphatic rings. The smallest absolute Gasteiger partial charge is 0.246 e. The number of hydrogen-bond acceptors (Lipinski definition) is 3. The van der Waals surface area contributed by atoms with E-state index < -0.39 is 0 Å². The van der Waals surface area contributed by atoms with E-state index >= 15 is 0 Å². The van der Waals surface area contributed by atoms with Gasteiger partial charge in [-0.15, -0.1) is 0 Å². The van der Waals surface area contributed by atoms with Crippen molar-refractivity contribution < 1.29 is 9.53 Å². The molecule has 2 atom stereocenters. The van der Waals surface area contributed by atoms with Gasteiger partial charge in [-0.1, -0.05) is 26.7 Å². The summed E-state index contributed by atoms with van der Waals surface area (Å²) in [6, 6.07) is 0.104. The summed E-state index contributed by atoms with van der Waals surface area (Å²) in [6.45, 7) is 5.17. The fourth-order valence-corrected chi connectivity index (χ4v) is 2.07. The van der Waals surface area contributed by atoms with Crippen LogP contribution in [0.4, 0.5) is 0 Å². The van der Waals surface area contributed by atoms with E-state index in [9.17, 15) is 4.79 Å². The number of nitrogens with one attached hydrogen (secondary N) is 1. The Kier molecular flexibility index (Phi) is 6.52. The molecule has 3 N–H and O–H groups in total. The van der Waals surface area contributed by atoms with E-state index in [1.165, 1.54) is 6.42 Å². The van der Waals surface area contributed by atoms with E-state index in [0.29, 0.717) is 5.92 Å². The zero-order chi connectivity index (χ0) is 12.7. The van der Waals surface area contributed by atoms with Crippen LogP contribution in [0, 0.1) is 5.92 Å². The van der Waals surface area contributed by atoms with Gasteiger partial charge in [0.1, 0.15) is 6.61 Å². The second-order valence-electron chi connectivity index (χ2n) is 5.33. The van der Waals surface area contributed by atoms with Gasteiger partial charge in [0.05, 0.1) is 6.10 Å². The summed E-state index contributed by atoms with van der Waals surface area (Å²) in [7, 11) is 0.